The lowest BCUT2D eigenvalue weighted by atomic mass is 10.1. The topological polar surface area (TPSA) is 139 Å². The van der Waals surface area contributed by atoms with Crippen molar-refractivity contribution in [2.45, 2.75) is 32.4 Å². The number of carbonyl (C=O) groups is 2. The highest BCUT2D eigenvalue weighted by Gasteiger charge is 2.21. The average molecular weight is 590 g/mol. The van der Waals surface area contributed by atoms with Gasteiger partial charge < -0.3 is 20.5 Å². The van der Waals surface area contributed by atoms with Crippen molar-refractivity contribution in [1.82, 2.24) is 19.2 Å². The van der Waals surface area contributed by atoms with E-state index >= 15 is 0 Å². The van der Waals surface area contributed by atoms with Gasteiger partial charge in [0.1, 0.15) is 11.5 Å². The Bertz CT molecular complexity index is 1690. The van der Waals surface area contributed by atoms with Crippen LogP contribution in [-0.2, 0) is 13.1 Å². The highest BCUT2D eigenvalue weighted by atomic mass is 35.5. The number of rotatable bonds is 9. The minimum atomic E-state index is -0.653. The molecule has 5 rings (SSSR count). The van der Waals surface area contributed by atoms with Gasteiger partial charge in [0.2, 0.25) is 5.91 Å². The van der Waals surface area contributed by atoms with Crippen molar-refractivity contribution in [2.24, 2.45) is 5.73 Å². The maximum atomic E-state index is 13.7. The zero-order valence-electron chi connectivity index (χ0n) is 22.2. The molecule has 1 aromatic carbocycles. The zero-order chi connectivity index (χ0) is 28.9. The molecular weight excluding hydrogens is 562 g/mol. The van der Waals surface area contributed by atoms with Gasteiger partial charge in [-0.1, -0.05) is 24.1 Å². The van der Waals surface area contributed by atoms with Crippen LogP contribution in [0.15, 0.2) is 59.4 Å². The minimum absolute atomic E-state index is 0.194. The number of piperidine rings is 1. The van der Waals surface area contributed by atoms with Crippen molar-refractivity contribution in [3.8, 4) is 17.5 Å². The lowest BCUT2D eigenvalue weighted by molar-refractivity contribution is 0.0948. The summed E-state index contributed by atoms with van der Waals surface area (Å²) in [5.41, 5.74) is 6.52. The second-order valence-electron chi connectivity index (χ2n) is 9.77. The van der Waals surface area contributed by atoms with Gasteiger partial charge in [-0.05, 0) is 62.3 Å². The van der Waals surface area contributed by atoms with E-state index in [0.717, 1.165) is 30.8 Å². The van der Waals surface area contributed by atoms with Gasteiger partial charge >= 0.3 is 0 Å². The number of anilines is 1. The second-order valence-corrected chi connectivity index (χ2v) is 11.6. The molecule has 12 heteroatoms. The molecular formula is C29H28ClN7O3S. The smallest absolute Gasteiger partial charge is 0.280 e. The fourth-order valence-corrected chi connectivity index (χ4v) is 5.89. The first-order valence-corrected chi connectivity index (χ1v) is 14.4. The number of nitrogens with two attached hydrogens (primary N) is 1. The second kappa shape index (κ2) is 12.5. The van der Waals surface area contributed by atoms with E-state index in [9.17, 15) is 19.6 Å². The molecule has 0 bridgehead atoms. The van der Waals surface area contributed by atoms with Crippen LogP contribution in [0.25, 0.3) is 11.4 Å². The number of nitrogens with zero attached hydrogens (tertiary/aromatic N) is 5. The number of aromatic nitrogens is 3. The molecule has 4 heterocycles. The summed E-state index contributed by atoms with van der Waals surface area (Å²) in [4.78, 5) is 41.8. The SMILES string of the molecule is N#Cc1cc(-c2cc(NCc3ccc(Cl)s3)n(C(=O)c3cccc(C(N)=O)c3)n2)n(CCN2CCCCC2)c(=O)c1. The van der Waals surface area contributed by atoms with Crippen LogP contribution < -0.4 is 16.6 Å². The van der Waals surface area contributed by atoms with Gasteiger partial charge in [0.05, 0.1) is 28.2 Å². The summed E-state index contributed by atoms with van der Waals surface area (Å²) in [5, 5.41) is 17.4. The predicted molar refractivity (Wildman–Crippen MR) is 158 cm³/mol. The van der Waals surface area contributed by atoms with E-state index in [4.69, 9.17) is 17.3 Å². The van der Waals surface area contributed by atoms with Crippen LogP contribution in [0.2, 0.25) is 4.34 Å². The Morgan fingerprint density at radius 2 is 1.83 bits per heavy atom. The van der Waals surface area contributed by atoms with E-state index in [-0.39, 0.29) is 22.2 Å². The number of hydrogen-bond acceptors (Lipinski definition) is 8. The van der Waals surface area contributed by atoms with E-state index in [1.54, 1.807) is 34.9 Å². The normalized spacial score (nSPS) is 13.6. The van der Waals surface area contributed by atoms with Crippen molar-refractivity contribution in [3.63, 3.8) is 0 Å². The summed E-state index contributed by atoms with van der Waals surface area (Å²) in [6, 6.07) is 16.4. The van der Waals surface area contributed by atoms with Crippen LogP contribution in [0.4, 0.5) is 5.82 Å². The number of amides is 1. The lowest BCUT2D eigenvalue weighted by Crippen LogP contribution is -2.35. The molecule has 41 heavy (non-hydrogen) atoms. The third kappa shape index (κ3) is 6.57. The van der Waals surface area contributed by atoms with Gasteiger partial charge in [0.15, 0.2) is 0 Å². The first-order chi connectivity index (χ1) is 19.8. The van der Waals surface area contributed by atoms with E-state index in [1.165, 1.54) is 40.6 Å². The predicted octanol–water partition coefficient (Wildman–Crippen LogP) is 4.18. The van der Waals surface area contributed by atoms with Crippen molar-refractivity contribution >= 4 is 40.6 Å². The van der Waals surface area contributed by atoms with Crippen LogP contribution in [-0.4, -0.2) is 50.7 Å². The van der Waals surface area contributed by atoms with E-state index < -0.39 is 11.8 Å². The fourth-order valence-electron chi connectivity index (χ4n) is 4.87. The van der Waals surface area contributed by atoms with Crippen LogP contribution >= 0.6 is 22.9 Å². The van der Waals surface area contributed by atoms with Crippen molar-refractivity contribution in [3.05, 3.63) is 90.9 Å². The summed E-state index contributed by atoms with van der Waals surface area (Å²) < 4.78 is 3.44. The molecule has 1 aliphatic heterocycles. The van der Waals surface area contributed by atoms with Crippen LogP contribution in [0.5, 0.6) is 0 Å². The Morgan fingerprint density at radius 3 is 2.54 bits per heavy atom. The van der Waals surface area contributed by atoms with Crippen LogP contribution in [0.3, 0.4) is 0 Å². The summed E-state index contributed by atoms with van der Waals surface area (Å²) in [6.07, 6.45) is 3.46. The third-order valence-corrected chi connectivity index (χ3v) is 8.21. The number of halogens is 1. The fraction of sp³-hybridized carbons (Fsp3) is 0.276. The van der Waals surface area contributed by atoms with Gasteiger partial charge in [0.25, 0.3) is 11.5 Å². The highest BCUT2D eigenvalue weighted by Crippen LogP contribution is 2.26. The standard InChI is InChI=1S/C29H28ClN7O3S/c30-25-8-7-22(41-25)18-33-26-16-23(34-37(26)29(40)21-6-4-5-20(15-21)28(32)39)24-13-19(17-31)14-27(38)36(24)12-11-35-9-2-1-3-10-35/h4-8,13-16,33H,1-3,9-12,18H2,(H2,32,39). The largest absolute Gasteiger partial charge is 0.366 e. The molecule has 0 aliphatic carbocycles. The number of hydrogen-bond donors (Lipinski definition) is 2. The quantitative estimate of drug-likeness (QED) is 0.298. The van der Waals surface area contributed by atoms with E-state index in [2.05, 4.69) is 21.4 Å². The molecule has 3 N–H and O–H groups in total. The van der Waals surface area contributed by atoms with E-state index in [1.807, 2.05) is 6.07 Å². The maximum Gasteiger partial charge on any atom is 0.280 e. The monoisotopic (exact) mass is 589 g/mol. The van der Waals surface area contributed by atoms with Gasteiger partial charge in [-0.3, -0.25) is 14.4 Å². The molecule has 210 valence electrons. The number of benzene rings is 1. The lowest BCUT2D eigenvalue weighted by Gasteiger charge is -2.27. The molecule has 3 aromatic heterocycles. The first-order valence-electron chi connectivity index (χ1n) is 13.2. The number of carbonyl (C=O) groups excluding carboxylic acids is 2. The Kier molecular flexibility index (Phi) is 8.64. The highest BCUT2D eigenvalue weighted by molar-refractivity contribution is 7.16. The Balaban J connectivity index is 1.55. The molecule has 0 atom stereocenters. The molecule has 10 nitrogen and oxygen atoms in total. The summed E-state index contributed by atoms with van der Waals surface area (Å²) in [5.74, 6) is -0.777. The molecule has 1 fully saturated rings. The zero-order valence-corrected chi connectivity index (χ0v) is 23.7. The summed E-state index contributed by atoms with van der Waals surface area (Å²) >= 11 is 7.50. The number of primary amides is 1. The Morgan fingerprint density at radius 1 is 1.05 bits per heavy atom. The third-order valence-electron chi connectivity index (χ3n) is 6.98. The molecule has 1 saturated heterocycles. The number of likely N-dealkylation sites (tertiary alicyclic amines) is 1. The Labute approximate surface area is 245 Å². The minimum Gasteiger partial charge on any atom is -0.366 e. The van der Waals surface area contributed by atoms with Crippen LogP contribution in [0, 0.1) is 11.3 Å². The molecule has 0 radical (unpaired) electrons. The molecule has 1 amide bonds. The summed E-state index contributed by atoms with van der Waals surface area (Å²) in [7, 11) is 0. The van der Waals surface area contributed by atoms with Gasteiger partial charge in [-0.15, -0.1) is 11.3 Å². The van der Waals surface area contributed by atoms with Gasteiger partial charge in [-0.25, -0.2) is 0 Å². The van der Waals surface area contributed by atoms with Gasteiger partial charge in [-0.2, -0.15) is 15.0 Å². The van der Waals surface area contributed by atoms with Crippen molar-refractivity contribution < 1.29 is 9.59 Å². The first kappa shape index (κ1) is 28.3. The number of nitriles is 1. The Hall–Kier alpha value is -4.24. The molecule has 0 saturated carbocycles. The average Bonchev–Trinajstić information content (AvgIpc) is 3.61. The molecule has 1 aliphatic rings. The number of thiophene rings is 1. The molecule has 0 spiro atoms. The molecule has 4 aromatic rings. The van der Waals surface area contributed by atoms with Gasteiger partial charge in [0, 0.05) is 41.2 Å². The van der Waals surface area contributed by atoms with Crippen molar-refractivity contribution in [1.29, 1.82) is 5.26 Å². The van der Waals surface area contributed by atoms with Crippen LogP contribution in [0.1, 0.15) is 50.4 Å². The van der Waals surface area contributed by atoms with Crippen molar-refractivity contribution in [2.75, 3.05) is 25.0 Å². The number of pyridine rings is 1. The van der Waals surface area contributed by atoms with E-state index in [0.29, 0.717) is 41.2 Å². The number of nitrogens with one attached hydrogen (secondary N) is 1. The summed E-state index contributed by atoms with van der Waals surface area (Å²) in [6.45, 7) is 3.43. The molecule has 0 unspecified atom stereocenters. The maximum absolute atomic E-state index is 13.7.